The molecule has 1 atom stereocenters. The zero-order chi connectivity index (χ0) is 18.2. The predicted octanol–water partition coefficient (Wildman–Crippen LogP) is 7.22. The van der Waals surface area contributed by atoms with Crippen LogP contribution in [0, 0.1) is 5.92 Å². The normalized spacial score (nSPS) is 16.3. The maximum atomic E-state index is 5.70. The molecular formula is C25H34O. The van der Waals surface area contributed by atoms with E-state index >= 15 is 0 Å². The highest BCUT2D eigenvalue weighted by molar-refractivity contribution is 5.65. The molecule has 0 aromatic heterocycles. The van der Waals surface area contributed by atoms with E-state index in [0.717, 1.165) is 24.7 Å². The van der Waals surface area contributed by atoms with E-state index in [0.29, 0.717) is 0 Å². The molecule has 0 radical (unpaired) electrons. The molecule has 1 nitrogen and oxygen atoms in total. The molecule has 0 saturated carbocycles. The van der Waals surface area contributed by atoms with Gasteiger partial charge in [-0.25, -0.2) is 0 Å². The molecule has 0 bridgehead atoms. The van der Waals surface area contributed by atoms with Crippen LogP contribution < -0.4 is 4.74 Å². The van der Waals surface area contributed by atoms with Crippen molar-refractivity contribution in [2.75, 3.05) is 6.61 Å². The largest absolute Gasteiger partial charge is 0.494 e. The summed E-state index contributed by atoms with van der Waals surface area (Å²) in [5, 5.41) is 0. The Labute approximate surface area is 159 Å². The average molecular weight is 351 g/mol. The molecule has 26 heavy (non-hydrogen) atoms. The number of ether oxygens (including phenoxy) is 1. The molecule has 1 aliphatic rings. The van der Waals surface area contributed by atoms with Gasteiger partial charge >= 0.3 is 0 Å². The van der Waals surface area contributed by atoms with Crippen LogP contribution >= 0.6 is 0 Å². The molecule has 2 aromatic rings. The summed E-state index contributed by atoms with van der Waals surface area (Å²) in [4.78, 5) is 0. The van der Waals surface area contributed by atoms with E-state index in [9.17, 15) is 0 Å². The maximum absolute atomic E-state index is 5.70. The molecule has 0 saturated heterocycles. The van der Waals surface area contributed by atoms with Crippen LogP contribution in [0.25, 0.3) is 11.1 Å². The quantitative estimate of drug-likeness (QED) is 0.434. The average Bonchev–Trinajstić information content (AvgIpc) is 2.69. The van der Waals surface area contributed by atoms with Crippen molar-refractivity contribution in [2.45, 2.75) is 71.6 Å². The Morgan fingerprint density at radius 1 is 0.846 bits per heavy atom. The first-order valence-corrected chi connectivity index (χ1v) is 10.6. The summed E-state index contributed by atoms with van der Waals surface area (Å²) in [6, 6.07) is 15.7. The number of hydrogen-bond acceptors (Lipinski definition) is 1. The predicted molar refractivity (Wildman–Crippen MR) is 112 cm³/mol. The van der Waals surface area contributed by atoms with Gasteiger partial charge in [-0.05, 0) is 66.0 Å². The SMILES string of the molecule is CCCCCCC1CCc2cc(-c3ccc(OCCC)cc3)ccc2C1. The van der Waals surface area contributed by atoms with E-state index in [2.05, 4.69) is 56.3 Å². The Hall–Kier alpha value is -1.76. The van der Waals surface area contributed by atoms with Crippen molar-refractivity contribution in [3.8, 4) is 16.9 Å². The standard InChI is InChI=1S/C25H34O/c1-3-5-6-7-8-20-9-10-24-19-23(12-11-22(24)18-20)21-13-15-25(16-14-21)26-17-4-2/h11-16,19-20H,3-10,17-18H2,1-2H3. The summed E-state index contributed by atoms with van der Waals surface area (Å²) in [6.45, 7) is 5.22. The molecule has 1 heteroatoms. The third-order valence-electron chi connectivity index (χ3n) is 5.66. The lowest BCUT2D eigenvalue weighted by molar-refractivity contribution is 0.317. The van der Waals surface area contributed by atoms with Gasteiger partial charge in [-0.15, -0.1) is 0 Å². The molecule has 140 valence electrons. The minimum Gasteiger partial charge on any atom is -0.494 e. The molecular weight excluding hydrogens is 316 g/mol. The van der Waals surface area contributed by atoms with Crippen LogP contribution in [-0.4, -0.2) is 6.61 Å². The van der Waals surface area contributed by atoms with Crippen LogP contribution in [0.2, 0.25) is 0 Å². The lowest BCUT2D eigenvalue weighted by atomic mass is 9.80. The van der Waals surface area contributed by atoms with Crippen molar-refractivity contribution < 1.29 is 4.74 Å². The maximum Gasteiger partial charge on any atom is 0.119 e. The van der Waals surface area contributed by atoms with Gasteiger partial charge in [0.15, 0.2) is 0 Å². The first-order chi connectivity index (χ1) is 12.8. The number of aryl methyl sites for hydroxylation is 1. The first kappa shape index (κ1) is 19.0. The Balaban J connectivity index is 1.61. The highest BCUT2D eigenvalue weighted by Gasteiger charge is 2.18. The molecule has 0 N–H and O–H groups in total. The fourth-order valence-electron chi connectivity index (χ4n) is 4.08. The number of fused-ring (bicyclic) bond motifs is 1. The van der Waals surface area contributed by atoms with Gasteiger partial charge < -0.3 is 4.74 Å². The molecule has 3 rings (SSSR count). The van der Waals surface area contributed by atoms with Gasteiger partial charge in [0.1, 0.15) is 5.75 Å². The topological polar surface area (TPSA) is 9.23 Å². The van der Waals surface area contributed by atoms with E-state index in [1.54, 1.807) is 11.1 Å². The molecule has 0 spiro atoms. The van der Waals surface area contributed by atoms with E-state index < -0.39 is 0 Å². The van der Waals surface area contributed by atoms with Gasteiger partial charge in [0.25, 0.3) is 0 Å². The summed E-state index contributed by atoms with van der Waals surface area (Å²) < 4.78 is 5.70. The van der Waals surface area contributed by atoms with E-state index in [-0.39, 0.29) is 0 Å². The van der Waals surface area contributed by atoms with Crippen LogP contribution in [-0.2, 0) is 12.8 Å². The number of hydrogen-bond donors (Lipinski definition) is 0. The molecule has 0 aliphatic heterocycles. The van der Waals surface area contributed by atoms with Crippen LogP contribution in [0.3, 0.4) is 0 Å². The third kappa shape index (κ3) is 5.13. The van der Waals surface area contributed by atoms with Crippen LogP contribution in [0.5, 0.6) is 5.75 Å². The molecule has 1 unspecified atom stereocenters. The smallest absolute Gasteiger partial charge is 0.119 e. The highest BCUT2D eigenvalue weighted by Crippen LogP contribution is 2.32. The number of unbranched alkanes of at least 4 members (excludes halogenated alkanes) is 3. The molecule has 1 aliphatic carbocycles. The van der Waals surface area contributed by atoms with Crippen molar-refractivity contribution in [3.63, 3.8) is 0 Å². The Morgan fingerprint density at radius 2 is 1.65 bits per heavy atom. The third-order valence-corrected chi connectivity index (χ3v) is 5.66. The second-order valence-corrected chi connectivity index (χ2v) is 7.81. The van der Waals surface area contributed by atoms with E-state index in [1.807, 2.05) is 0 Å². The summed E-state index contributed by atoms with van der Waals surface area (Å²) >= 11 is 0. The first-order valence-electron chi connectivity index (χ1n) is 10.6. The highest BCUT2D eigenvalue weighted by atomic mass is 16.5. The van der Waals surface area contributed by atoms with Crippen molar-refractivity contribution in [1.29, 1.82) is 0 Å². The van der Waals surface area contributed by atoms with Gasteiger partial charge in [0.2, 0.25) is 0 Å². The molecule has 0 fully saturated rings. The van der Waals surface area contributed by atoms with Gasteiger partial charge in [0, 0.05) is 0 Å². The van der Waals surface area contributed by atoms with Gasteiger partial charge in [-0.2, -0.15) is 0 Å². The summed E-state index contributed by atoms with van der Waals surface area (Å²) in [5.41, 5.74) is 5.78. The molecule has 0 amide bonds. The van der Waals surface area contributed by atoms with Crippen molar-refractivity contribution >= 4 is 0 Å². The fourth-order valence-corrected chi connectivity index (χ4v) is 4.08. The lowest BCUT2D eigenvalue weighted by Crippen LogP contribution is -2.14. The summed E-state index contributed by atoms with van der Waals surface area (Å²) in [6.07, 6.45) is 11.9. The second kappa shape index (κ2) is 9.80. The van der Waals surface area contributed by atoms with Crippen molar-refractivity contribution in [1.82, 2.24) is 0 Å². The van der Waals surface area contributed by atoms with E-state index in [4.69, 9.17) is 4.74 Å². The minimum atomic E-state index is 0.789. The van der Waals surface area contributed by atoms with Gasteiger partial charge in [0.05, 0.1) is 6.61 Å². The summed E-state index contributed by atoms with van der Waals surface area (Å²) in [7, 11) is 0. The van der Waals surface area contributed by atoms with Crippen LogP contribution in [0.15, 0.2) is 42.5 Å². The van der Waals surface area contributed by atoms with Crippen molar-refractivity contribution in [3.05, 3.63) is 53.6 Å². The Morgan fingerprint density at radius 3 is 2.42 bits per heavy atom. The van der Waals surface area contributed by atoms with Gasteiger partial charge in [-0.3, -0.25) is 0 Å². The van der Waals surface area contributed by atoms with Crippen LogP contribution in [0.4, 0.5) is 0 Å². The molecule has 2 aromatic carbocycles. The second-order valence-electron chi connectivity index (χ2n) is 7.81. The number of benzene rings is 2. The monoisotopic (exact) mass is 350 g/mol. The zero-order valence-corrected chi connectivity index (χ0v) is 16.6. The zero-order valence-electron chi connectivity index (χ0n) is 16.6. The lowest BCUT2D eigenvalue weighted by Gasteiger charge is -2.25. The summed E-state index contributed by atoms with van der Waals surface area (Å²) in [5.74, 6) is 1.87. The van der Waals surface area contributed by atoms with Gasteiger partial charge in [-0.1, -0.05) is 76.3 Å². The Bertz CT molecular complexity index is 671. The van der Waals surface area contributed by atoms with Crippen molar-refractivity contribution in [2.24, 2.45) is 5.92 Å². The molecule has 0 heterocycles. The number of rotatable bonds is 9. The fraction of sp³-hybridized carbons (Fsp3) is 0.520. The van der Waals surface area contributed by atoms with Crippen LogP contribution in [0.1, 0.15) is 69.9 Å². The van der Waals surface area contributed by atoms with E-state index in [1.165, 1.54) is 62.5 Å². The Kier molecular flexibility index (Phi) is 7.17. The minimum absolute atomic E-state index is 0.789.